The third kappa shape index (κ3) is 6.88. The van der Waals surface area contributed by atoms with E-state index in [0.29, 0.717) is 24.1 Å². The summed E-state index contributed by atoms with van der Waals surface area (Å²) in [6.45, 7) is 4.46. The van der Waals surface area contributed by atoms with Gasteiger partial charge in [0, 0.05) is 18.4 Å². The van der Waals surface area contributed by atoms with Gasteiger partial charge in [0.15, 0.2) is 9.84 Å². The molecule has 0 aromatic heterocycles. The fourth-order valence-corrected chi connectivity index (χ4v) is 3.32. The molecule has 26 heavy (non-hydrogen) atoms. The van der Waals surface area contributed by atoms with Crippen LogP contribution in [-0.4, -0.2) is 33.2 Å². The maximum Gasteiger partial charge on any atom is 0.251 e. The standard InChI is InChI=1S/C20H25NO4S/c1-15(2)25-19-9-7-16(8-10-19)11-12-21-20(22)18-6-4-5-17(13-18)14-26(3,23)24/h4-10,13,15H,11-12,14H2,1-3H3,(H,21,22). The summed E-state index contributed by atoms with van der Waals surface area (Å²) in [5.41, 5.74) is 2.18. The topological polar surface area (TPSA) is 72.5 Å². The number of carbonyl (C=O) groups is 1. The van der Waals surface area contributed by atoms with E-state index < -0.39 is 9.84 Å². The number of ether oxygens (including phenoxy) is 1. The first-order chi connectivity index (χ1) is 12.2. The second kappa shape index (κ2) is 8.85. The van der Waals surface area contributed by atoms with Crippen molar-refractivity contribution in [1.82, 2.24) is 5.32 Å². The molecule has 140 valence electrons. The molecule has 0 spiro atoms. The van der Waals surface area contributed by atoms with Gasteiger partial charge in [-0.25, -0.2) is 8.42 Å². The summed E-state index contributed by atoms with van der Waals surface area (Å²) in [5, 5.41) is 2.86. The van der Waals surface area contributed by atoms with Crippen molar-refractivity contribution >= 4 is 15.7 Å². The van der Waals surface area contributed by atoms with Gasteiger partial charge in [-0.3, -0.25) is 4.79 Å². The van der Waals surface area contributed by atoms with Gasteiger partial charge in [-0.2, -0.15) is 0 Å². The van der Waals surface area contributed by atoms with Gasteiger partial charge in [0.1, 0.15) is 5.75 Å². The van der Waals surface area contributed by atoms with Crippen molar-refractivity contribution in [3.8, 4) is 5.75 Å². The van der Waals surface area contributed by atoms with Crippen molar-refractivity contribution in [2.45, 2.75) is 32.1 Å². The van der Waals surface area contributed by atoms with Crippen LogP contribution in [0.15, 0.2) is 48.5 Å². The Kier molecular flexibility index (Phi) is 6.80. The third-order valence-electron chi connectivity index (χ3n) is 3.61. The summed E-state index contributed by atoms with van der Waals surface area (Å²) in [6, 6.07) is 14.5. The number of nitrogens with one attached hydrogen (secondary N) is 1. The zero-order valence-electron chi connectivity index (χ0n) is 15.4. The Labute approximate surface area is 155 Å². The summed E-state index contributed by atoms with van der Waals surface area (Å²) in [7, 11) is -3.13. The Hall–Kier alpha value is -2.34. The molecule has 0 atom stereocenters. The molecule has 1 N–H and O–H groups in total. The Balaban J connectivity index is 1.88. The molecule has 6 heteroatoms. The average molecular weight is 375 g/mol. The Bertz CT molecular complexity index is 842. The maximum atomic E-state index is 12.2. The largest absolute Gasteiger partial charge is 0.491 e. The van der Waals surface area contributed by atoms with Crippen molar-refractivity contribution in [3.63, 3.8) is 0 Å². The number of rotatable bonds is 8. The summed E-state index contributed by atoms with van der Waals surface area (Å²) in [4.78, 5) is 12.2. The van der Waals surface area contributed by atoms with E-state index in [1.165, 1.54) is 6.26 Å². The minimum Gasteiger partial charge on any atom is -0.491 e. The average Bonchev–Trinajstić information content (AvgIpc) is 2.54. The van der Waals surface area contributed by atoms with E-state index in [4.69, 9.17) is 4.74 Å². The summed E-state index contributed by atoms with van der Waals surface area (Å²) in [5.74, 6) is 0.550. The van der Waals surface area contributed by atoms with Crippen molar-refractivity contribution in [2.75, 3.05) is 12.8 Å². The molecule has 0 saturated carbocycles. The molecule has 0 bridgehead atoms. The molecular formula is C20H25NO4S. The van der Waals surface area contributed by atoms with Gasteiger partial charge in [0.2, 0.25) is 0 Å². The van der Waals surface area contributed by atoms with Crippen LogP contribution in [-0.2, 0) is 22.0 Å². The Morgan fingerprint density at radius 3 is 2.38 bits per heavy atom. The molecule has 0 saturated heterocycles. The van der Waals surface area contributed by atoms with Crippen LogP contribution in [0, 0.1) is 0 Å². The Morgan fingerprint density at radius 1 is 1.08 bits per heavy atom. The van der Waals surface area contributed by atoms with Crippen molar-refractivity contribution in [1.29, 1.82) is 0 Å². The summed E-state index contributed by atoms with van der Waals surface area (Å²) < 4.78 is 28.4. The summed E-state index contributed by atoms with van der Waals surface area (Å²) in [6.07, 6.45) is 2.02. The number of benzene rings is 2. The quantitative estimate of drug-likeness (QED) is 0.770. The van der Waals surface area contributed by atoms with Gasteiger partial charge in [0.05, 0.1) is 11.9 Å². The second-order valence-corrected chi connectivity index (χ2v) is 8.73. The SMILES string of the molecule is CC(C)Oc1ccc(CCNC(=O)c2cccc(CS(C)(=O)=O)c2)cc1. The molecule has 2 aromatic carbocycles. The highest BCUT2D eigenvalue weighted by Crippen LogP contribution is 2.14. The van der Waals surface area contributed by atoms with Crippen LogP contribution in [0.5, 0.6) is 5.75 Å². The van der Waals surface area contributed by atoms with E-state index in [0.717, 1.165) is 11.3 Å². The first-order valence-electron chi connectivity index (χ1n) is 8.53. The van der Waals surface area contributed by atoms with Crippen LogP contribution in [0.4, 0.5) is 0 Å². The maximum absolute atomic E-state index is 12.2. The van der Waals surface area contributed by atoms with E-state index >= 15 is 0 Å². The predicted molar refractivity (Wildman–Crippen MR) is 103 cm³/mol. The fourth-order valence-electron chi connectivity index (χ4n) is 2.53. The van der Waals surface area contributed by atoms with E-state index in [1.54, 1.807) is 24.3 Å². The highest BCUT2D eigenvalue weighted by atomic mass is 32.2. The lowest BCUT2D eigenvalue weighted by molar-refractivity contribution is 0.0954. The molecule has 2 aromatic rings. The highest BCUT2D eigenvalue weighted by molar-refractivity contribution is 7.89. The summed E-state index contributed by atoms with van der Waals surface area (Å²) >= 11 is 0. The van der Waals surface area contributed by atoms with Crippen LogP contribution in [0.25, 0.3) is 0 Å². The zero-order chi connectivity index (χ0) is 19.2. The predicted octanol–water partition coefficient (Wildman–Crippen LogP) is 2.99. The van der Waals surface area contributed by atoms with Crippen LogP contribution in [0.3, 0.4) is 0 Å². The molecule has 2 rings (SSSR count). The van der Waals surface area contributed by atoms with Gasteiger partial charge in [-0.05, 0) is 55.7 Å². The lowest BCUT2D eigenvalue weighted by Gasteiger charge is -2.10. The monoisotopic (exact) mass is 375 g/mol. The molecule has 5 nitrogen and oxygen atoms in total. The first-order valence-corrected chi connectivity index (χ1v) is 10.6. The number of hydrogen-bond donors (Lipinski definition) is 1. The molecule has 0 radical (unpaired) electrons. The van der Waals surface area contributed by atoms with Gasteiger partial charge in [-0.1, -0.05) is 24.3 Å². The van der Waals surface area contributed by atoms with Gasteiger partial charge < -0.3 is 10.1 Å². The molecule has 0 aliphatic rings. The van der Waals surface area contributed by atoms with Gasteiger partial charge >= 0.3 is 0 Å². The lowest BCUT2D eigenvalue weighted by atomic mass is 10.1. The van der Waals surface area contributed by atoms with E-state index in [1.807, 2.05) is 38.1 Å². The lowest BCUT2D eigenvalue weighted by Crippen LogP contribution is -2.25. The van der Waals surface area contributed by atoms with Crippen LogP contribution in [0.1, 0.15) is 35.3 Å². The highest BCUT2D eigenvalue weighted by Gasteiger charge is 2.09. The minimum atomic E-state index is -3.13. The molecular weight excluding hydrogens is 350 g/mol. The number of carbonyl (C=O) groups excluding carboxylic acids is 1. The Morgan fingerprint density at radius 2 is 1.77 bits per heavy atom. The molecule has 0 aliphatic carbocycles. The molecule has 1 amide bonds. The first kappa shape index (κ1) is 20.0. The molecule has 0 heterocycles. The van der Waals surface area contributed by atoms with Crippen molar-refractivity contribution in [2.24, 2.45) is 0 Å². The zero-order valence-corrected chi connectivity index (χ0v) is 16.2. The number of amides is 1. The van der Waals surface area contributed by atoms with Crippen LogP contribution < -0.4 is 10.1 Å². The smallest absolute Gasteiger partial charge is 0.251 e. The molecule has 0 aliphatic heterocycles. The molecule has 0 fully saturated rings. The van der Waals surface area contributed by atoms with Crippen LogP contribution >= 0.6 is 0 Å². The normalized spacial score (nSPS) is 11.4. The third-order valence-corrected chi connectivity index (χ3v) is 4.47. The van der Waals surface area contributed by atoms with Gasteiger partial charge in [-0.15, -0.1) is 0 Å². The van der Waals surface area contributed by atoms with E-state index in [-0.39, 0.29) is 17.8 Å². The van der Waals surface area contributed by atoms with E-state index in [2.05, 4.69) is 5.32 Å². The van der Waals surface area contributed by atoms with E-state index in [9.17, 15) is 13.2 Å². The van der Waals surface area contributed by atoms with Gasteiger partial charge in [0.25, 0.3) is 5.91 Å². The fraction of sp³-hybridized carbons (Fsp3) is 0.350. The number of sulfone groups is 1. The van der Waals surface area contributed by atoms with Crippen LogP contribution in [0.2, 0.25) is 0 Å². The van der Waals surface area contributed by atoms with Crippen molar-refractivity contribution < 1.29 is 17.9 Å². The van der Waals surface area contributed by atoms with Crippen molar-refractivity contribution in [3.05, 3.63) is 65.2 Å². The second-order valence-electron chi connectivity index (χ2n) is 6.59. The minimum absolute atomic E-state index is 0.0705. The molecule has 0 unspecified atom stereocenters. The number of hydrogen-bond acceptors (Lipinski definition) is 4.